The zero-order chi connectivity index (χ0) is 14.2. The molecule has 0 radical (unpaired) electrons. The lowest BCUT2D eigenvalue weighted by atomic mass is 10.1. The summed E-state index contributed by atoms with van der Waals surface area (Å²) in [6.07, 6.45) is 0. The Morgan fingerprint density at radius 1 is 1.00 bits per heavy atom. The third-order valence-electron chi connectivity index (χ3n) is 3.41. The Kier molecular flexibility index (Phi) is 2.94. The first-order valence-electron chi connectivity index (χ1n) is 6.53. The van der Waals surface area contributed by atoms with E-state index in [9.17, 15) is 0 Å². The van der Waals surface area contributed by atoms with Crippen molar-refractivity contribution in [1.82, 2.24) is 14.8 Å². The predicted octanol–water partition coefficient (Wildman–Crippen LogP) is 4.81. The van der Waals surface area contributed by atoms with Gasteiger partial charge in [-0.15, -0.1) is 11.3 Å². The fraction of sp³-hybridized carbons (Fsp3) is 0. The molecule has 21 heavy (non-hydrogen) atoms. The number of aromatic nitrogens is 3. The summed E-state index contributed by atoms with van der Waals surface area (Å²) in [4.78, 5) is 1.09. The van der Waals surface area contributed by atoms with E-state index in [0.717, 1.165) is 16.4 Å². The van der Waals surface area contributed by atoms with E-state index < -0.39 is 0 Å². The Morgan fingerprint density at radius 3 is 2.67 bits per heavy atom. The number of rotatable bonds is 2. The van der Waals surface area contributed by atoms with E-state index in [1.165, 1.54) is 10.8 Å². The highest BCUT2D eigenvalue weighted by Gasteiger charge is 2.11. The summed E-state index contributed by atoms with van der Waals surface area (Å²) in [5, 5.41) is 11.7. The maximum atomic E-state index is 5.40. The van der Waals surface area contributed by atoms with Crippen LogP contribution in [0.3, 0.4) is 0 Å². The van der Waals surface area contributed by atoms with Gasteiger partial charge in [0.15, 0.2) is 10.6 Å². The van der Waals surface area contributed by atoms with Crippen LogP contribution in [0.15, 0.2) is 60.0 Å². The number of nitrogens with one attached hydrogen (secondary N) is 1. The number of nitrogens with zero attached hydrogens (tertiary/aromatic N) is 2. The van der Waals surface area contributed by atoms with Crippen LogP contribution < -0.4 is 0 Å². The van der Waals surface area contributed by atoms with E-state index in [0.29, 0.717) is 4.77 Å². The molecule has 102 valence electrons. The standard InChI is InChI=1S/C16H11N3S2/c20-16-18-17-15(14-6-3-9-21-14)19(16)13-8-7-11-4-1-2-5-12(11)10-13/h1-10H,(H,18,20). The van der Waals surface area contributed by atoms with Gasteiger partial charge in [0.1, 0.15) is 0 Å². The molecule has 0 unspecified atom stereocenters. The van der Waals surface area contributed by atoms with Gasteiger partial charge < -0.3 is 0 Å². The summed E-state index contributed by atoms with van der Waals surface area (Å²) >= 11 is 7.05. The molecule has 0 saturated heterocycles. The highest BCUT2D eigenvalue weighted by Crippen LogP contribution is 2.27. The molecule has 4 aromatic rings. The lowest BCUT2D eigenvalue weighted by molar-refractivity contribution is 1.04. The molecule has 4 rings (SSSR count). The molecule has 0 aliphatic carbocycles. The van der Waals surface area contributed by atoms with E-state index in [1.807, 2.05) is 34.2 Å². The Morgan fingerprint density at radius 2 is 1.86 bits per heavy atom. The van der Waals surface area contributed by atoms with Crippen LogP contribution in [0.2, 0.25) is 0 Å². The number of thiophene rings is 1. The molecule has 0 spiro atoms. The van der Waals surface area contributed by atoms with E-state index in [2.05, 4.69) is 40.5 Å². The Bertz CT molecular complexity index is 965. The monoisotopic (exact) mass is 309 g/mol. The van der Waals surface area contributed by atoms with Gasteiger partial charge in [0, 0.05) is 0 Å². The molecule has 0 atom stereocenters. The lowest BCUT2D eigenvalue weighted by Gasteiger charge is -2.07. The summed E-state index contributed by atoms with van der Waals surface area (Å²) in [7, 11) is 0. The van der Waals surface area contributed by atoms with Crippen molar-refractivity contribution in [2.75, 3.05) is 0 Å². The van der Waals surface area contributed by atoms with Crippen molar-refractivity contribution in [2.45, 2.75) is 0 Å². The third-order valence-corrected chi connectivity index (χ3v) is 4.54. The van der Waals surface area contributed by atoms with Crippen LogP contribution in [-0.4, -0.2) is 14.8 Å². The minimum Gasteiger partial charge on any atom is -0.267 e. The first kappa shape index (κ1) is 12.5. The molecule has 0 aliphatic heterocycles. The van der Waals surface area contributed by atoms with Gasteiger partial charge in [-0.05, 0) is 46.6 Å². The summed E-state index contributed by atoms with van der Waals surface area (Å²) in [6.45, 7) is 0. The Balaban J connectivity index is 1.96. The van der Waals surface area contributed by atoms with Crippen molar-refractivity contribution in [3.63, 3.8) is 0 Å². The highest BCUT2D eigenvalue weighted by molar-refractivity contribution is 7.71. The van der Waals surface area contributed by atoms with E-state index in [-0.39, 0.29) is 0 Å². The van der Waals surface area contributed by atoms with Gasteiger partial charge in [0.05, 0.1) is 10.6 Å². The van der Waals surface area contributed by atoms with Crippen molar-refractivity contribution in [1.29, 1.82) is 0 Å². The fourth-order valence-electron chi connectivity index (χ4n) is 2.42. The minimum absolute atomic E-state index is 0.605. The zero-order valence-electron chi connectivity index (χ0n) is 11.0. The van der Waals surface area contributed by atoms with Crippen LogP contribution in [0, 0.1) is 4.77 Å². The molecule has 2 aromatic carbocycles. The van der Waals surface area contributed by atoms with Crippen molar-refractivity contribution in [2.24, 2.45) is 0 Å². The van der Waals surface area contributed by atoms with Gasteiger partial charge >= 0.3 is 0 Å². The summed E-state index contributed by atoms with van der Waals surface area (Å²) in [5.41, 5.74) is 1.02. The van der Waals surface area contributed by atoms with Gasteiger partial charge in [-0.2, -0.15) is 5.10 Å². The van der Waals surface area contributed by atoms with Crippen LogP contribution in [0.25, 0.3) is 27.2 Å². The number of hydrogen-bond donors (Lipinski definition) is 1. The summed E-state index contributed by atoms with van der Waals surface area (Å²) in [6, 6.07) is 18.7. The number of hydrogen-bond acceptors (Lipinski definition) is 3. The first-order chi connectivity index (χ1) is 10.3. The van der Waals surface area contributed by atoms with Gasteiger partial charge in [0.25, 0.3) is 0 Å². The van der Waals surface area contributed by atoms with Crippen LogP contribution >= 0.6 is 23.6 Å². The topological polar surface area (TPSA) is 33.6 Å². The minimum atomic E-state index is 0.605. The molecule has 1 N–H and O–H groups in total. The van der Waals surface area contributed by atoms with Crippen LogP contribution in [0.4, 0.5) is 0 Å². The molecule has 0 amide bonds. The SMILES string of the molecule is S=c1[nH]nc(-c2cccs2)n1-c1ccc2ccccc2c1. The van der Waals surface area contributed by atoms with Gasteiger partial charge in [-0.25, -0.2) is 0 Å². The molecule has 5 heteroatoms. The number of aromatic amines is 1. The Labute approximate surface area is 130 Å². The third kappa shape index (κ3) is 2.11. The second kappa shape index (κ2) is 4.95. The average molecular weight is 309 g/mol. The maximum absolute atomic E-state index is 5.40. The quantitative estimate of drug-likeness (QED) is 0.539. The van der Waals surface area contributed by atoms with Gasteiger partial charge in [0.2, 0.25) is 0 Å². The molecule has 0 saturated carbocycles. The van der Waals surface area contributed by atoms with E-state index >= 15 is 0 Å². The first-order valence-corrected chi connectivity index (χ1v) is 7.82. The smallest absolute Gasteiger partial charge is 0.200 e. The van der Waals surface area contributed by atoms with Crippen molar-refractivity contribution < 1.29 is 0 Å². The van der Waals surface area contributed by atoms with Crippen LogP contribution in [0.5, 0.6) is 0 Å². The van der Waals surface area contributed by atoms with Crippen molar-refractivity contribution in [3.05, 3.63) is 64.7 Å². The average Bonchev–Trinajstić information content (AvgIpc) is 3.16. The molecule has 2 heterocycles. The van der Waals surface area contributed by atoms with Crippen molar-refractivity contribution >= 4 is 34.3 Å². The van der Waals surface area contributed by atoms with Crippen LogP contribution in [0.1, 0.15) is 0 Å². The van der Waals surface area contributed by atoms with Gasteiger partial charge in [-0.3, -0.25) is 9.67 Å². The van der Waals surface area contributed by atoms with Crippen molar-refractivity contribution in [3.8, 4) is 16.4 Å². The second-order valence-electron chi connectivity index (χ2n) is 4.70. The number of benzene rings is 2. The molecule has 0 bridgehead atoms. The predicted molar refractivity (Wildman–Crippen MR) is 89.6 cm³/mol. The second-order valence-corrected chi connectivity index (χ2v) is 6.03. The zero-order valence-corrected chi connectivity index (χ0v) is 12.6. The molecule has 2 aromatic heterocycles. The summed E-state index contributed by atoms with van der Waals surface area (Å²) < 4.78 is 2.59. The molecule has 3 nitrogen and oxygen atoms in total. The number of H-pyrrole nitrogens is 1. The normalized spacial score (nSPS) is 11.0. The molecular weight excluding hydrogens is 298 g/mol. The Hall–Kier alpha value is -2.24. The van der Waals surface area contributed by atoms with Crippen LogP contribution in [-0.2, 0) is 0 Å². The largest absolute Gasteiger partial charge is 0.267 e. The summed E-state index contributed by atoms with van der Waals surface area (Å²) in [5.74, 6) is 0.852. The fourth-order valence-corrected chi connectivity index (χ4v) is 3.36. The van der Waals surface area contributed by atoms with Gasteiger partial charge in [-0.1, -0.05) is 36.4 Å². The number of fused-ring (bicyclic) bond motifs is 1. The molecule has 0 aliphatic rings. The molecular formula is C16H11N3S2. The highest BCUT2D eigenvalue weighted by atomic mass is 32.1. The van der Waals surface area contributed by atoms with E-state index in [4.69, 9.17) is 12.2 Å². The molecule has 0 fully saturated rings. The van der Waals surface area contributed by atoms with E-state index in [1.54, 1.807) is 11.3 Å². The lowest BCUT2D eigenvalue weighted by Crippen LogP contribution is -1.96. The maximum Gasteiger partial charge on any atom is 0.200 e.